The van der Waals surface area contributed by atoms with E-state index in [1.54, 1.807) is 6.92 Å². The molecule has 0 spiro atoms. The summed E-state index contributed by atoms with van der Waals surface area (Å²) in [6.45, 7) is 14.0. The number of esters is 1. The molecule has 4 nitrogen and oxygen atoms in total. The highest BCUT2D eigenvalue weighted by Gasteiger charge is 2.55. The SMILES string of the molecule is CCC(=O)Cl.CCC(=O)OC[C@]1(C)C[C@H]1[C@H](C)C1CCCCC1.C[C@H](C1CCCCC1)[C@@H]1C[C@@]1(C)CO. The van der Waals surface area contributed by atoms with Crippen LogP contribution in [-0.2, 0) is 14.3 Å². The molecule has 0 aliphatic heterocycles. The van der Waals surface area contributed by atoms with Crippen molar-refractivity contribution in [1.29, 1.82) is 0 Å². The Bertz CT molecular complexity index is 694. The third-order valence-corrected chi connectivity index (χ3v) is 10.7. The number of rotatable bonds is 9. The van der Waals surface area contributed by atoms with Crippen molar-refractivity contribution in [3.8, 4) is 0 Å². The Morgan fingerprint density at radius 1 is 0.811 bits per heavy atom. The van der Waals surface area contributed by atoms with Gasteiger partial charge in [0.2, 0.25) is 5.24 Å². The van der Waals surface area contributed by atoms with Gasteiger partial charge in [-0.1, -0.05) is 106 Å². The maximum atomic E-state index is 11.2. The van der Waals surface area contributed by atoms with Crippen LogP contribution in [0.3, 0.4) is 0 Å². The summed E-state index contributed by atoms with van der Waals surface area (Å²) < 4.78 is 5.35. The molecule has 4 saturated carbocycles. The summed E-state index contributed by atoms with van der Waals surface area (Å²) in [5, 5.41) is 9.01. The Hall–Kier alpha value is -0.610. The van der Waals surface area contributed by atoms with Gasteiger partial charge >= 0.3 is 5.97 Å². The molecule has 0 unspecified atom stereocenters. The quantitative estimate of drug-likeness (QED) is 0.235. The zero-order valence-electron chi connectivity index (χ0n) is 24.8. The Labute approximate surface area is 233 Å². The molecule has 4 aliphatic carbocycles. The summed E-state index contributed by atoms with van der Waals surface area (Å²) in [4.78, 5) is 20.8. The van der Waals surface area contributed by atoms with Crippen molar-refractivity contribution in [2.45, 2.75) is 131 Å². The first-order valence-electron chi connectivity index (χ1n) is 15.5. The molecule has 6 atom stereocenters. The number of hydrogen-bond donors (Lipinski definition) is 1. The van der Waals surface area contributed by atoms with Crippen LogP contribution in [0.4, 0.5) is 0 Å². The van der Waals surface area contributed by atoms with E-state index in [0.29, 0.717) is 26.1 Å². The van der Waals surface area contributed by atoms with Crippen molar-refractivity contribution < 1.29 is 19.4 Å². The molecule has 0 amide bonds. The first kappa shape index (κ1) is 32.6. The smallest absolute Gasteiger partial charge is 0.305 e. The van der Waals surface area contributed by atoms with E-state index in [4.69, 9.17) is 16.3 Å². The standard InChI is InChI=1S/C16H28O2.C13H24O.C3H5ClO/c1-4-15(17)18-11-16(3)10-14(16)12(2)13-8-6-5-7-9-13;1-10(11-6-4-3-5-7-11)12-8-13(12,2)9-14;1-2-3(4)5/h12-14H,4-11H2,1-3H3;10-12,14H,3-9H2,1-2H3;2H2,1H3/t12-,14+,16+;10-,12+,13+;/m11./s1. The number of aliphatic hydroxyl groups excluding tert-OH is 1. The Morgan fingerprint density at radius 2 is 1.22 bits per heavy atom. The lowest BCUT2D eigenvalue weighted by atomic mass is 9.77. The van der Waals surface area contributed by atoms with Crippen LogP contribution in [0.2, 0.25) is 0 Å². The number of aliphatic hydroxyl groups is 1. The number of halogens is 1. The predicted molar refractivity (Wildman–Crippen MR) is 153 cm³/mol. The average Bonchev–Trinajstić information content (AvgIpc) is 3.82. The van der Waals surface area contributed by atoms with Gasteiger partial charge in [0, 0.05) is 24.9 Å². The van der Waals surface area contributed by atoms with E-state index in [2.05, 4.69) is 27.7 Å². The molecule has 4 aliphatic rings. The van der Waals surface area contributed by atoms with E-state index >= 15 is 0 Å². The molecule has 0 radical (unpaired) electrons. The minimum Gasteiger partial charge on any atom is -0.465 e. The summed E-state index contributed by atoms with van der Waals surface area (Å²) in [7, 11) is 0. The van der Waals surface area contributed by atoms with Crippen molar-refractivity contribution >= 4 is 22.8 Å². The second-order valence-corrected chi connectivity index (χ2v) is 13.7. The molecule has 4 rings (SSSR count). The fourth-order valence-electron chi connectivity index (χ4n) is 7.20. The second kappa shape index (κ2) is 15.2. The highest BCUT2D eigenvalue weighted by Crippen LogP contribution is 2.59. The van der Waals surface area contributed by atoms with Crippen LogP contribution in [0.5, 0.6) is 0 Å². The summed E-state index contributed by atoms with van der Waals surface area (Å²) in [6, 6.07) is 0. The van der Waals surface area contributed by atoms with Gasteiger partial charge in [-0.15, -0.1) is 0 Å². The summed E-state index contributed by atoms with van der Waals surface area (Å²) >= 11 is 4.82. The molecule has 0 aromatic rings. The van der Waals surface area contributed by atoms with Crippen molar-refractivity contribution in [3.63, 3.8) is 0 Å². The first-order chi connectivity index (χ1) is 17.5. The van der Waals surface area contributed by atoms with E-state index < -0.39 is 0 Å². The number of carbonyl (C=O) groups excluding carboxylic acids is 2. The van der Waals surface area contributed by atoms with Crippen LogP contribution < -0.4 is 0 Å². The van der Waals surface area contributed by atoms with Crippen LogP contribution in [0.25, 0.3) is 0 Å². The number of ether oxygens (including phenoxy) is 1. The van der Waals surface area contributed by atoms with Crippen LogP contribution in [0.15, 0.2) is 0 Å². The van der Waals surface area contributed by atoms with Crippen LogP contribution >= 0.6 is 11.6 Å². The molecule has 4 fully saturated rings. The summed E-state index contributed by atoms with van der Waals surface area (Å²) in [5.41, 5.74) is 0.568. The Kier molecular flexibility index (Phi) is 13.4. The number of carbonyl (C=O) groups is 2. The van der Waals surface area contributed by atoms with Gasteiger partial charge in [0.05, 0.1) is 6.61 Å². The van der Waals surface area contributed by atoms with Crippen molar-refractivity contribution in [1.82, 2.24) is 0 Å². The fourth-order valence-corrected chi connectivity index (χ4v) is 7.20. The van der Waals surface area contributed by atoms with Gasteiger partial charge < -0.3 is 9.84 Å². The predicted octanol–water partition coefficient (Wildman–Crippen LogP) is 8.57. The lowest BCUT2D eigenvalue weighted by Gasteiger charge is -2.29. The van der Waals surface area contributed by atoms with E-state index in [-0.39, 0.29) is 22.0 Å². The maximum Gasteiger partial charge on any atom is 0.305 e. The zero-order valence-corrected chi connectivity index (χ0v) is 25.6. The molecule has 0 aromatic carbocycles. The number of hydrogen-bond acceptors (Lipinski definition) is 4. The van der Waals surface area contributed by atoms with Crippen LogP contribution in [0.1, 0.15) is 131 Å². The van der Waals surface area contributed by atoms with E-state index in [1.165, 1.54) is 77.0 Å². The lowest BCUT2D eigenvalue weighted by Crippen LogP contribution is -2.21. The van der Waals surface area contributed by atoms with Gasteiger partial charge in [0.15, 0.2) is 0 Å². The van der Waals surface area contributed by atoms with Gasteiger partial charge in [-0.2, -0.15) is 0 Å². The molecule has 0 bridgehead atoms. The highest BCUT2D eigenvalue weighted by atomic mass is 35.5. The minimum absolute atomic E-state index is 0.0489. The monoisotopic (exact) mass is 540 g/mol. The van der Waals surface area contributed by atoms with Crippen molar-refractivity contribution in [2.24, 2.45) is 46.3 Å². The Balaban J connectivity index is 0.000000225. The molecule has 216 valence electrons. The molecule has 37 heavy (non-hydrogen) atoms. The second-order valence-electron chi connectivity index (χ2n) is 13.3. The topological polar surface area (TPSA) is 63.6 Å². The molecular weight excluding hydrogens is 484 g/mol. The average molecular weight is 541 g/mol. The van der Waals surface area contributed by atoms with E-state index in [1.807, 2.05) is 6.92 Å². The maximum absolute atomic E-state index is 11.2. The van der Waals surface area contributed by atoms with E-state index in [0.717, 1.165) is 35.5 Å². The minimum atomic E-state index is -0.273. The molecule has 0 heterocycles. The van der Waals surface area contributed by atoms with Gasteiger partial charge in [-0.05, 0) is 65.4 Å². The first-order valence-corrected chi connectivity index (χ1v) is 15.8. The van der Waals surface area contributed by atoms with Crippen LogP contribution in [-0.4, -0.2) is 29.5 Å². The molecule has 1 N–H and O–H groups in total. The lowest BCUT2D eigenvalue weighted by molar-refractivity contribution is -0.145. The Morgan fingerprint density at radius 3 is 1.57 bits per heavy atom. The molecule has 0 aromatic heterocycles. The van der Waals surface area contributed by atoms with Crippen molar-refractivity contribution in [2.75, 3.05) is 13.2 Å². The third kappa shape index (κ3) is 10.1. The van der Waals surface area contributed by atoms with Crippen molar-refractivity contribution in [3.05, 3.63) is 0 Å². The molecule has 5 heteroatoms. The largest absolute Gasteiger partial charge is 0.465 e. The van der Waals surface area contributed by atoms with Gasteiger partial charge in [0.25, 0.3) is 0 Å². The summed E-state index contributed by atoms with van der Waals surface area (Å²) in [5.74, 6) is 5.10. The highest BCUT2D eigenvalue weighted by molar-refractivity contribution is 6.63. The van der Waals surface area contributed by atoms with Crippen LogP contribution in [0, 0.1) is 46.3 Å². The van der Waals surface area contributed by atoms with E-state index in [9.17, 15) is 14.7 Å². The van der Waals surface area contributed by atoms with Gasteiger partial charge in [-0.25, -0.2) is 0 Å². The summed E-state index contributed by atoms with van der Waals surface area (Å²) in [6.07, 6.45) is 17.8. The van der Waals surface area contributed by atoms with Gasteiger partial charge in [0.1, 0.15) is 0 Å². The van der Waals surface area contributed by atoms with Gasteiger partial charge in [-0.3, -0.25) is 9.59 Å². The third-order valence-electron chi connectivity index (χ3n) is 10.4. The fraction of sp³-hybridized carbons (Fsp3) is 0.938. The molecule has 0 saturated heterocycles. The normalized spacial score (nSPS) is 33.1. The molecular formula is C32H57ClO4. The zero-order chi connectivity index (χ0) is 27.6.